The van der Waals surface area contributed by atoms with Gasteiger partial charge in [0.05, 0.1) is 23.2 Å². The predicted octanol–water partition coefficient (Wildman–Crippen LogP) is 4.86. The van der Waals surface area contributed by atoms with E-state index in [1.807, 2.05) is 50.4 Å². The summed E-state index contributed by atoms with van der Waals surface area (Å²) in [5, 5.41) is 23.5. The van der Waals surface area contributed by atoms with Crippen molar-refractivity contribution >= 4 is 17.3 Å². The first kappa shape index (κ1) is 25.8. The molecule has 1 saturated heterocycles. The summed E-state index contributed by atoms with van der Waals surface area (Å²) in [4.78, 5) is 18.0. The molecule has 3 aromatic rings. The Bertz CT molecular complexity index is 1270. The van der Waals surface area contributed by atoms with Crippen LogP contribution in [0, 0.1) is 11.3 Å². The highest BCUT2D eigenvalue weighted by atomic mass is 32.1. The van der Waals surface area contributed by atoms with Gasteiger partial charge in [0.1, 0.15) is 16.8 Å². The van der Waals surface area contributed by atoms with Gasteiger partial charge in [0, 0.05) is 24.6 Å². The minimum absolute atomic E-state index is 0.0122. The molecule has 2 heterocycles. The number of ether oxygens (including phenoxy) is 2. The zero-order chi connectivity index (χ0) is 25.7. The van der Waals surface area contributed by atoms with E-state index in [1.165, 1.54) is 5.56 Å². The van der Waals surface area contributed by atoms with E-state index in [-0.39, 0.29) is 12.7 Å². The Morgan fingerprint density at radius 3 is 2.86 bits per heavy atom. The number of esters is 1. The molecule has 36 heavy (non-hydrogen) atoms. The molecule has 1 atom stereocenters. The van der Waals surface area contributed by atoms with Crippen LogP contribution in [0.5, 0.6) is 5.75 Å². The lowest BCUT2D eigenvalue weighted by molar-refractivity contribution is -0.167. The van der Waals surface area contributed by atoms with Crippen LogP contribution >= 0.6 is 11.3 Å². The molecular weight excluding hydrogens is 474 g/mol. The second-order valence-electron chi connectivity index (χ2n) is 9.09. The molecule has 188 valence electrons. The summed E-state index contributed by atoms with van der Waals surface area (Å²) >= 11 is 1.57. The Labute approximate surface area is 215 Å². The van der Waals surface area contributed by atoms with Gasteiger partial charge >= 0.3 is 5.97 Å². The Morgan fingerprint density at radius 2 is 2.17 bits per heavy atom. The van der Waals surface area contributed by atoms with Gasteiger partial charge in [-0.2, -0.15) is 5.26 Å². The Hall–Kier alpha value is -3.25. The van der Waals surface area contributed by atoms with Gasteiger partial charge < -0.3 is 14.6 Å². The summed E-state index contributed by atoms with van der Waals surface area (Å²) in [6.07, 6.45) is 4.36. The summed E-state index contributed by atoms with van der Waals surface area (Å²) in [5.41, 5.74) is 3.19. The van der Waals surface area contributed by atoms with E-state index in [4.69, 9.17) is 9.47 Å². The number of aliphatic hydroxyl groups is 1. The Balaban J connectivity index is 1.52. The first-order valence-corrected chi connectivity index (χ1v) is 13.1. The maximum Gasteiger partial charge on any atom is 0.353 e. The van der Waals surface area contributed by atoms with Gasteiger partial charge in [-0.15, -0.1) is 11.3 Å². The first-order chi connectivity index (χ1) is 17.3. The van der Waals surface area contributed by atoms with E-state index in [1.54, 1.807) is 11.3 Å². The zero-order valence-corrected chi connectivity index (χ0v) is 21.7. The van der Waals surface area contributed by atoms with Crippen LogP contribution in [0.15, 0.2) is 42.6 Å². The quantitative estimate of drug-likeness (QED) is 0.400. The van der Waals surface area contributed by atoms with Gasteiger partial charge in [-0.3, -0.25) is 5.32 Å². The topological polar surface area (TPSA) is 104 Å². The number of hydrogen-bond acceptors (Lipinski definition) is 8. The number of nitrogens with zero attached hydrogens (tertiary/aromatic N) is 2. The maximum atomic E-state index is 12.3. The smallest absolute Gasteiger partial charge is 0.353 e. The highest BCUT2D eigenvalue weighted by Gasteiger charge is 2.40. The van der Waals surface area contributed by atoms with Crippen molar-refractivity contribution in [3.8, 4) is 32.8 Å². The summed E-state index contributed by atoms with van der Waals surface area (Å²) in [6.45, 7) is 6.78. The molecule has 1 aliphatic heterocycles. The summed E-state index contributed by atoms with van der Waals surface area (Å²) < 4.78 is 11.1. The number of thiazole rings is 1. The van der Waals surface area contributed by atoms with Gasteiger partial charge in [0.25, 0.3) is 0 Å². The van der Waals surface area contributed by atoms with E-state index in [0.29, 0.717) is 30.7 Å². The Morgan fingerprint density at radius 1 is 1.33 bits per heavy atom. The van der Waals surface area contributed by atoms with E-state index in [0.717, 1.165) is 39.4 Å². The third-order valence-electron chi connectivity index (χ3n) is 6.18. The molecule has 0 radical (unpaired) electrons. The highest BCUT2D eigenvalue weighted by Crippen LogP contribution is 2.36. The normalized spacial score (nSPS) is 17.2. The van der Waals surface area contributed by atoms with Gasteiger partial charge in [0.2, 0.25) is 5.72 Å². The lowest BCUT2D eigenvalue weighted by Gasteiger charge is -2.20. The van der Waals surface area contributed by atoms with Crippen LogP contribution < -0.4 is 10.1 Å². The summed E-state index contributed by atoms with van der Waals surface area (Å²) in [6, 6.07) is 13.9. The number of aromatic nitrogens is 1. The largest absolute Gasteiger partial charge is 0.490 e. The van der Waals surface area contributed by atoms with Crippen molar-refractivity contribution in [2.45, 2.75) is 58.3 Å². The highest BCUT2D eigenvalue weighted by molar-refractivity contribution is 7.18. The van der Waals surface area contributed by atoms with E-state index >= 15 is 0 Å². The first-order valence-electron chi connectivity index (χ1n) is 12.3. The average Bonchev–Trinajstić information content (AvgIpc) is 3.54. The molecule has 0 spiro atoms. The molecule has 2 aromatic carbocycles. The minimum atomic E-state index is -1.56. The zero-order valence-electron chi connectivity index (χ0n) is 20.8. The molecule has 1 aromatic heterocycles. The van der Waals surface area contributed by atoms with Crippen molar-refractivity contribution in [3.05, 3.63) is 59.3 Å². The van der Waals surface area contributed by atoms with Crippen LogP contribution in [0.1, 0.15) is 50.3 Å². The van der Waals surface area contributed by atoms with E-state index < -0.39 is 11.7 Å². The molecule has 2 N–H and O–H groups in total. The van der Waals surface area contributed by atoms with Crippen molar-refractivity contribution < 1.29 is 19.4 Å². The molecular formula is C28H31N3O4S. The second kappa shape index (κ2) is 11.2. The van der Waals surface area contributed by atoms with E-state index in [9.17, 15) is 15.2 Å². The van der Waals surface area contributed by atoms with Crippen molar-refractivity contribution in [1.29, 1.82) is 5.26 Å². The fourth-order valence-corrected chi connectivity index (χ4v) is 5.40. The molecule has 0 bridgehead atoms. The number of rotatable bonds is 9. The molecule has 4 rings (SSSR count). The molecule has 1 fully saturated rings. The van der Waals surface area contributed by atoms with Crippen molar-refractivity contribution in [1.82, 2.24) is 10.3 Å². The lowest BCUT2D eigenvalue weighted by atomic mass is 9.96. The number of carbonyl (C=O) groups excluding carboxylic acids is 1. The monoisotopic (exact) mass is 505 g/mol. The van der Waals surface area contributed by atoms with Gasteiger partial charge in [-0.25, -0.2) is 9.78 Å². The maximum absolute atomic E-state index is 12.3. The lowest BCUT2D eigenvalue weighted by Crippen LogP contribution is -2.48. The number of nitrogens with one attached hydrogen (secondary N) is 1. The molecule has 0 unspecified atom stereocenters. The van der Waals surface area contributed by atoms with Crippen LogP contribution in [0.3, 0.4) is 0 Å². The van der Waals surface area contributed by atoms with Crippen LogP contribution in [-0.2, 0) is 22.4 Å². The fourth-order valence-electron chi connectivity index (χ4n) is 4.43. The van der Waals surface area contributed by atoms with Crippen molar-refractivity contribution in [2.75, 3.05) is 13.2 Å². The van der Waals surface area contributed by atoms with Crippen molar-refractivity contribution in [3.63, 3.8) is 0 Å². The number of hydrogen-bond donors (Lipinski definition) is 2. The molecule has 0 aliphatic carbocycles. The van der Waals surface area contributed by atoms with Crippen molar-refractivity contribution in [2.24, 2.45) is 0 Å². The SMILES string of the molecule is CCc1c(CCOC(=O)[C@]2(O)CCCN2)cccc1-c1cnc(-c2ccc(OC(C)C)c(C#N)c2)s1. The van der Waals surface area contributed by atoms with Crippen LogP contribution in [0.4, 0.5) is 0 Å². The standard InChI is InChI=1S/C28H31N3O4S/c1-4-22-19(11-14-34-27(32)28(33)12-6-13-31-28)7-5-8-23(22)25-17-30-26(36-25)20-9-10-24(35-18(2)3)21(15-20)16-29/h5,7-10,15,17-18,31,33H,4,6,11-14H2,1-3H3/t28-/m1/s1. The number of nitriles is 1. The third-order valence-corrected chi connectivity index (χ3v) is 7.26. The molecule has 8 heteroatoms. The number of carbonyl (C=O) groups is 1. The fraction of sp³-hybridized carbons (Fsp3) is 0.393. The molecule has 7 nitrogen and oxygen atoms in total. The second-order valence-corrected chi connectivity index (χ2v) is 10.1. The van der Waals surface area contributed by atoms with Gasteiger partial charge in [-0.1, -0.05) is 25.1 Å². The summed E-state index contributed by atoms with van der Waals surface area (Å²) in [5.74, 6) is -0.0339. The van der Waals surface area contributed by atoms with Crippen LogP contribution in [-0.4, -0.2) is 41.0 Å². The number of benzene rings is 2. The molecule has 0 saturated carbocycles. The third kappa shape index (κ3) is 5.59. The van der Waals surface area contributed by atoms with Gasteiger partial charge in [0.15, 0.2) is 0 Å². The average molecular weight is 506 g/mol. The molecule has 1 aliphatic rings. The molecule has 0 amide bonds. The minimum Gasteiger partial charge on any atom is -0.490 e. The van der Waals surface area contributed by atoms with Gasteiger partial charge in [-0.05, 0) is 68.1 Å². The predicted molar refractivity (Wildman–Crippen MR) is 140 cm³/mol. The van der Waals surface area contributed by atoms with Crippen LogP contribution in [0.2, 0.25) is 0 Å². The Kier molecular flexibility index (Phi) is 8.04. The summed E-state index contributed by atoms with van der Waals surface area (Å²) in [7, 11) is 0. The van der Waals surface area contributed by atoms with E-state index in [2.05, 4.69) is 29.4 Å². The van der Waals surface area contributed by atoms with Crippen LogP contribution in [0.25, 0.3) is 21.0 Å².